The highest BCUT2D eigenvalue weighted by Crippen LogP contribution is 2.41. The summed E-state index contributed by atoms with van der Waals surface area (Å²) in [6.45, 7) is 9.37. The molecule has 1 aliphatic heterocycles. The zero-order chi connectivity index (χ0) is 26.8. The van der Waals surface area contributed by atoms with Crippen LogP contribution in [0.5, 0.6) is 0 Å². The lowest BCUT2D eigenvalue weighted by Crippen LogP contribution is -2.49. The topological polar surface area (TPSA) is 31.6 Å². The van der Waals surface area contributed by atoms with E-state index < -0.39 is 6.10 Å². The molecule has 0 radical (unpaired) electrons. The number of aliphatic hydroxyl groups excluding tert-OH is 1. The maximum absolute atomic E-state index is 11.5. The smallest absolute Gasteiger partial charge is 0.0845 e. The van der Waals surface area contributed by atoms with E-state index in [1.165, 1.54) is 50.1 Å². The molecule has 198 valence electrons. The molecule has 4 aromatic carbocycles. The van der Waals surface area contributed by atoms with Gasteiger partial charge in [0.25, 0.3) is 0 Å². The van der Waals surface area contributed by atoms with Crippen molar-refractivity contribution in [3.63, 3.8) is 0 Å². The molecule has 1 N–H and O–H groups in total. The Kier molecular flexibility index (Phi) is 7.23. The Labute approximate surface area is 231 Å². The summed E-state index contributed by atoms with van der Waals surface area (Å²) in [7, 11) is 0. The second-order valence-corrected chi connectivity index (χ2v) is 10.9. The number of benzene rings is 4. The molecule has 1 aromatic heterocycles. The Morgan fingerprint density at radius 1 is 0.667 bits per heavy atom. The average molecular weight is 516 g/mol. The molecule has 1 aliphatic rings. The van der Waals surface area contributed by atoms with Gasteiger partial charge in [-0.05, 0) is 49.2 Å². The van der Waals surface area contributed by atoms with Crippen LogP contribution in [0, 0.1) is 13.8 Å². The van der Waals surface area contributed by atoms with Crippen molar-refractivity contribution in [3.05, 3.63) is 114 Å². The average Bonchev–Trinajstić information content (AvgIpc) is 3.27. The van der Waals surface area contributed by atoms with Gasteiger partial charge in [0.15, 0.2) is 0 Å². The molecule has 1 unspecified atom stereocenters. The second kappa shape index (κ2) is 11.1. The van der Waals surface area contributed by atoms with Crippen LogP contribution in [0.4, 0.5) is 5.69 Å². The van der Waals surface area contributed by atoms with Crippen molar-refractivity contribution < 1.29 is 5.11 Å². The number of nitrogens with zero attached hydrogens (tertiary/aromatic N) is 3. The molecule has 2 heterocycles. The number of rotatable bonds is 7. The Balaban J connectivity index is 1.29. The number of hydrogen-bond donors (Lipinski definition) is 1. The first kappa shape index (κ1) is 25.4. The number of β-amino-alcohol motifs (C(OH)–C–C–N with tert-alkyl or cyclic N) is 1. The minimum absolute atomic E-state index is 0.473. The van der Waals surface area contributed by atoms with E-state index in [1.54, 1.807) is 0 Å². The molecule has 1 saturated heterocycles. The molecule has 0 aliphatic carbocycles. The summed E-state index contributed by atoms with van der Waals surface area (Å²) >= 11 is 0. The maximum Gasteiger partial charge on any atom is 0.0845 e. The SMILES string of the molecule is Cc1ccc(N2CCN(CC(O)Cn3c(-c4ccccc4)c(-c4ccccc4)c4cc(C)ccc43)CC2)cc1. The lowest BCUT2D eigenvalue weighted by atomic mass is 9.98. The van der Waals surface area contributed by atoms with Crippen molar-refractivity contribution in [2.45, 2.75) is 26.5 Å². The predicted molar refractivity (Wildman–Crippen MR) is 163 cm³/mol. The van der Waals surface area contributed by atoms with E-state index >= 15 is 0 Å². The molecule has 0 bridgehead atoms. The van der Waals surface area contributed by atoms with Crippen LogP contribution in [-0.4, -0.2) is 53.4 Å². The fraction of sp³-hybridized carbons (Fsp3) is 0.257. The van der Waals surface area contributed by atoms with Gasteiger partial charge in [-0.1, -0.05) is 90.0 Å². The van der Waals surface area contributed by atoms with Crippen molar-refractivity contribution in [2.24, 2.45) is 0 Å². The van der Waals surface area contributed by atoms with Gasteiger partial charge in [0, 0.05) is 54.9 Å². The molecule has 0 amide bonds. The number of fused-ring (bicyclic) bond motifs is 1. The second-order valence-electron chi connectivity index (χ2n) is 10.9. The minimum atomic E-state index is -0.473. The molecule has 5 aromatic rings. The highest BCUT2D eigenvalue weighted by Gasteiger charge is 2.24. The van der Waals surface area contributed by atoms with E-state index in [0.717, 1.165) is 26.2 Å². The van der Waals surface area contributed by atoms with Gasteiger partial charge in [-0.15, -0.1) is 0 Å². The lowest BCUT2D eigenvalue weighted by Gasteiger charge is -2.37. The highest BCUT2D eigenvalue weighted by atomic mass is 16.3. The van der Waals surface area contributed by atoms with Gasteiger partial charge < -0.3 is 14.6 Å². The Hall–Kier alpha value is -3.86. The molecule has 4 heteroatoms. The largest absolute Gasteiger partial charge is 0.390 e. The molecule has 0 saturated carbocycles. The third-order valence-corrected chi connectivity index (χ3v) is 7.96. The summed E-state index contributed by atoms with van der Waals surface area (Å²) in [5.74, 6) is 0. The first-order valence-corrected chi connectivity index (χ1v) is 14.0. The van der Waals surface area contributed by atoms with E-state index in [1.807, 2.05) is 0 Å². The number of anilines is 1. The van der Waals surface area contributed by atoms with E-state index in [4.69, 9.17) is 0 Å². The van der Waals surface area contributed by atoms with Gasteiger partial charge in [0.1, 0.15) is 0 Å². The molecular weight excluding hydrogens is 478 g/mol. The van der Waals surface area contributed by atoms with Crippen LogP contribution >= 0.6 is 0 Å². The van der Waals surface area contributed by atoms with E-state index in [-0.39, 0.29) is 0 Å². The summed E-state index contributed by atoms with van der Waals surface area (Å²) in [4.78, 5) is 4.86. The number of piperazine rings is 1. The van der Waals surface area contributed by atoms with Crippen molar-refractivity contribution >= 4 is 16.6 Å². The van der Waals surface area contributed by atoms with Crippen LogP contribution in [0.1, 0.15) is 11.1 Å². The predicted octanol–water partition coefficient (Wildman–Crippen LogP) is 6.78. The summed E-state index contributed by atoms with van der Waals surface area (Å²) in [6.07, 6.45) is -0.473. The molecule has 1 fully saturated rings. The minimum Gasteiger partial charge on any atom is -0.390 e. The third kappa shape index (κ3) is 5.36. The van der Waals surface area contributed by atoms with Crippen molar-refractivity contribution in [1.29, 1.82) is 0 Å². The van der Waals surface area contributed by atoms with Crippen molar-refractivity contribution in [2.75, 3.05) is 37.6 Å². The number of hydrogen-bond acceptors (Lipinski definition) is 3. The fourth-order valence-electron chi connectivity index (χ4n) is 5.96. The van der Waals surface area contributed by atoms with Gasteiger partial charge in [0.05, 0.1) is 18.3 Å². The number of aliphatic hydroxyl groups is 1. The van der Waals surface area contributed by atoms with Gasteiger partial charge in [-0.3, -0.25) is 4.90 Å². The molecular formula is C35H37N3O. The zero-order valence-electron chi connectivity index (χ0n) is 22.9. The summed E-state index contributed by atoms with van der Waals surface area (Å²) < 4.78 is 2.35. The summed E-state index contributed by atoms with van der Waals surface area (Å²) in [5.41, 5.74) is 9.76. The van der Waals surface area contributed by atoms with Crippen LogP contribution in [0.3, 0.4) is 0 Å². The third-order valence-electron chi connectivity index (χ3n) is 7.96. The van der Waals surface area contributed by atoms with Gasteiger partial charge in [-0.2, -0.15) is 0 Å². The lowest BCUT2D eigenvalue weighted by molar-refractivity contribution is 0.0963. The van der Waals surface area contributed by atoms with Gasteiger partial charge >= 0.3 is 0 Å². The van der Waals surface area contributed by atoms with E-state index in [9.17, 15) is 5.11 Å². The normalized spacial score (nSPS) is 15.1. The quantitative estimate of drug-likeness (QED) is 0.259. The van der Waals surface area contributed by atoms with E-state index in [0.29, 0.717) is 13.1 Å². The Bertz CT molecular complexity index is 1530. The van der Waals surface area contributed by atoms with Gasteiger partial charge in [0.2, 0.25) is 0 Å². The molecule has 4 nitrogen and oxygen atoms in total. The first-order valence-electron chi connectivity index (χ1n) is 14.0. The van der Waals surface area contributed by atoms with Crippen molar-refractivity contribution in [1.82, 2.24) is 9.47 Å². The summed E-state index contributed by atoms with van der Waals surface area (Å²) in [5, 5.41) is 12.7. The molecule has 0 spiro atoms. The van der Waals surface area contributed by atoms with Crippen LogP contribution in [0.15, 0.2) is 103 Å². The standard InChI is InChI=1S/C35H37N3O/c1-26-13-16-30(17-14-26)37-21-19-36(20-22-37)24-31(39)25-38-33-18-15-27(2)23-32(33)34(28-9-5-3-6-10-28)35(38)29-11-7-4-8-12-29/h3-18,23,31,39H,19-22,24-25H2,1-2H3. The Morgan fingerprint density at radius 2 is 1.28 bits per heavy atom. The molecule has 6 rings (SSSR count). The van der Waals surface area contributed by atoms with Crippen LogP contribution in [0.2, 0.25) is 0 Å². The van der Waals surface area contributed by atoms with Crippen LogP contribution in [0.25, 0.3) is 33.3 Å². The molecule has 1 atom stereocenters. The van der Waals surface area contributed by atoms with E-state index in [2.05, 4.69) is 131 Å². The Morgan fingerprint density at radius 3 is 1.95 bits per heavy atom. The number of aromatic nitrogens is 1. The van der Waals surface area contributed by atoms with Gasteiger partial charge in [-0.25, -0.2) is 0 Å². The van der Waals surface area contributed by atoms with Crippen molar-refractivity contribution in [3.8, 4) is 22.4 Å². The monoisotopic (exact) mass is 515 g/mol. The van der Waals surface area contributed by atoms with Crippen LogP contribution < -0.4 is 4.90 Å². The summed E-state index contributed by atoms with van der Waals surface area (Å²) in [6, 6.07) is 36.8. The maximum atomic E-state index is 11.5. The number of aryl methyl sites for hydroxylation is 2. The highest BCUT2D eigenvalue weighted by molar-refractivity contribution is 6.04. The molecule has 39 heavy (non-hydrogen) atoms. The zero-order valence-corrected chi connectivity index (χ0v) is 22.9. The first-order chi connectivity index (χ1) is 19.1. The van der Waals surface area contributed by atoms with Crippen LogP contribution in [-0.2, 0) is 6.54 Å². The fourth-order valence-corrected chi connectivity index (χ4v) is 5.96.